The van der Waals surface area contributed by atoms with Crippen molar-refractivity contribution in [3.8, 4) is 0 Å². The number of benzene rings is 2. The monoisotopic (exact) mass is 374 g/mol. The highest BCUT2D eigenvalue weighted by atomic mass is 32.2. The molecule has 0 radical (unpaired) electrons. The van der Waals surface area contributed by atoms with Crippen molar-refractivity contribution in [2.45, 2.75) is 32.9 Å². The third kappa shape index (κ3) is 5.97. The van der Waals surface area contributed by atoms with E-state index < -0.39 is 10.0 Å². The molecule has 2 aromatic carbocycles. The Hall–Kier alpha value is -2.18. The van der Waals surface area contributed by atoms with Gasteiger partial charge in [0, 0.05) is 6.54 Å². The molecule has 0 aliphatic carbocycles. The molecule has 0 fully saturated rings. The highest BCUT2D eigenvalue weighted by molar-refractivity contribution is 7.88. The van der Waals surface area contributed by atoms with Crippen molar-refractivity contribution in [2.75, 3.05) is 12.8 Å². The number of hydrogen-bond acceptors (Lipinski definition) is 3. The summed E-state index contributed by atoms with van der Waals surface area (Å²) in [5.74, 6) is -0.321. The minimum absolute atomic E-state index is 0.173. The molecule has 1 atom stereocenters. The first-order valence-corrected chi connectivity index (χ1v) is 10.5. The van der Waals surface area contributed by atoms with Gasteiger partial charge >= 0.3 is 0 Å². The second kappa shape index (κ2) is 8.96. The lowest BCUT2D eigenvalue weighted by atomic mass is 10.1. The van der Waals surface area contributed by atoms with Crippen LogP contribution < -0.4 is 5.32 Å². The van der Waals surface area contributed by atoms with E-state index in [4.69, 9.17) is 0 Å². The third-order valence-electron chi connectivity index (χ3n) is 4.26. The molecule has 0 aliphatic rings. The Morgan fingerprint density at radius 1 is 1.04 bits per heavy atom. The molecule has 1 amide bonds. The van der Waals surface area contributed by atoms with Crippen molar-refractivity contribution in [3.05, 3.63) is 71.3 Å². The van der Waals surface area contributed by atoms with Gasteiger partial charge in [-0.25, -0.2) is 8.42 Å². The fourth-order valence-corrected chi connectivity index (χ4v) is 3.39. The van der Waals surface area contributed by atoms with Crippen LogP contribution in [0.2, 0.25) is 0 Å². The van der Waals surface area contributed by atoms with Crippen molar-refractivity contribution < 1.29 is 13.2 Å². The molecule has 0 unspecified atom stereocenters. The van der Waals surface area contributed by atoms with Gasteiger partial charge in [0.05, 0.1) is 18.8 Å². The second-order valence-corrected chi connectivity index (χ2v) is 8.38. The Balaban J connectivity index is 2.02. The van der Waals surface area contributed by atoms with E-state index in [9.17, 15) is 13.2 Å². The molecule has 26 heavy (non-hydrogen) atoms. The number of carbonyl (C=O) groups is 1. The Morgan fingerprint density at radius 2 is 1.65 bits per heavy atom. The summed E-state index contributed by atoms with van der Waals surface area (Å²) in [4.78, 5) is 12.4. The summed E-state index contributed by atoms with van der Waals surface area (Å²) in [7, 11) is -3.50. The van der Waals surface area contributed by atoms with E-state index in [1.165, 1.54) is 9.87 Å². The fourth-order valence-electron chi connectivity index (χ4n) is 2.65. The highest BCUT2D eigenvalue weighted by Crippen LogP contribution is 2.14. The van der Waals surface area contributed by atoms with Gasteiger partial charge in [0.1, 0.15) is 0 Å². The van der Waals surface area contributed by atoms with Crippen LogP contribution in [-0.2, 0) is 27.8 Å². The van der Waals surface area contributed by atoms with Gasteiger partial charge in [0.15, 0.2) is 0 Å². The summed E-state index contributed by atoms with van der Waals surface area (Å²) in [6.45, 7) is 3.95. The van der Waals surface area contributed by atoms with Crippen LogP contribution in [0.4, 0.5) is 0 Å². The van der Waals surface area contributed by atoms with Gasteiger partial charge in [-0.15, -0.1) is 0 Å². The maximum absolute atomic E-state index is 12.4. The summed E-state index contributed by atoms with van der Waals surface area (Å²) >= 11 is 0. The molecule has 2 aromatic rings. The molecule has 0 aliphatic heterocycles. The van der Waals surface area contributed by atoms with E-state index in [1.807, 2.05) is 61.5 Å². The molecular weight excluding hydrogens is 348 g/mol. The van der Waals surface area contributed by atoms with Crippen molar-refractivity contribution in [2.24, 2.45) is 0 Å². The molecule has 0 heterocycles. The predicted molar refractivity (Wildman–Crippen MR) is 104 cm³/mol. The van der Waals surface area contributed by atoms with Gasteiger partial charge in [0.2, 0.25) is 15.9 Å². The van der Waals surface area contributed by atoms with Crippen LogP contribution in [0.1, 0.15) is 36.6 Å². The van der Waals surface area contributed by atoms with E-state index in [0.29, 0.717) is 0 Å². The van der Waals surface area contributed by atoms with Crippen LogP contribution in [0.5, 0.6) is 0 Å². The first kappa shape index (κ1) is 20.1. The zero-order chi connectivity index (χ0) is 19.2. The van der Waals surface area contributed by atoms with Crippen LogP contribution in [0, 0.1) is 0 Å². The van der Waals surface area contributed by atoms with E-state index >= 15 is 0 Å². The minimum atomic E-state index is -3.50. The Bertz CT molecular complexity index is 818. The first-order valence-electron chi connectivity index (χ1n) is 8.67. The number of nitrogens with one attached hydrogen (secondary N) is 1. The average Bonchev–Trinajstić information content (AvgIpc) is 2.61. The quantitative estimate of drug-likeness (QED) is 0.773. The topological polar surface area (TPSA) is 66.5 Å². The fraction of sp³-hybridized carbons (Fsp3) is 0.350. The number of carbonyl (C=O) groups excluding carboxylic acids is 1. The summed E-state index contributed by atoms with van der Waals surface area (Å²) in [6, 6.07) is 17.1. The number of hydrogen-bond donors (Lipinski definition) is 1. The zero-order valence-electron chi connectivity index (χ0n) is 15.5. The molecule has 6 heteroatoms. The summed E-state index contributed by atoms with van der Waals surface area (Å²) in [6.07, 6.45) is 2.08. The molecule has 0 spiro atoms. The van der Waals surface area contributed by atoms with Gasteiger partial charge in [-0.05, 0) is 30.0 Å². The zero-order valence-corrected chi connectivity index (χ0v) is 16.3. The molecule has 0 aromatic heterocycles. The molecule has 0 bridgehead atoms. The molecular formula is C20H26N2O3S. The SMILES string of the molecule is CCc1ccc([C@@H](C)NC(=O)CN(Cc2ccccc2)S(C)(=O)=O)cc1. The van der Waals surface area contributed by atoms with Gasteiger partial charge in [0.25, 0.3) is 0 Å². The Labute approximate surface area is 156 Å². The largest absolute Gasteiger partial charge is 0.348 e. The van der Waals surface area contributed by atoms with E-state index in [1.54, 1.807) is 0 Å². The molecule has 0 saturated heterocycles. The summed E-state index contributed by atoms with van der Waals surface area (Å²) in [5, 5.41) is 2.88. The molecule has 2 rings (SSSR count). The summed E-state index contributed by atoms with van der Waals surface area (Å²) in [5.41, 5.74) is 3.07. The second-order valence-electron chi connectivity index (χ2n) is 6.40. The average molecular weight is 375 g/mol. The molecule has 5 nitrogen and oxygen atoms in total. The Kier molecular flexibility index (Phi) is 6.94. The highest BCUT2D eigenvalue weighted by Gasteiger charge is 2.21. The van der Waals surface area contributed by atoms with Crippen molar-refractivity contribution >= 4 is 15.9 Å². The normalized spacial score (nSPS) is 12.8. The van der Waals surface area contributed by atoms with Gasteiger partial charge in [-0.3, -0.25) is 4.79 Å². The van der Waals surface area contributed by atoms with E-state index in [2.05, 4.69) is 12.2 Å². The van der Waals surface area contributed by atoms with Crippen LogP contribution in [0.25, 0.3) is 0 Å². The van der Waals surface area contributed by atoms with Crippen LogP contribution in [0.3, 0.4) is 0 Å². The van der Waals surface area contributed by atoms with E-state index in [0.717, 1.165) is 23.8 Å². The van der Waals surface area contributed by atoms with Crippen LogP contribution in [0.15, 0.2) is 54.6 Å². The Morgan fingerprint density at radius 3 is 2.19 bits per heavy atom. The summed E-state index contributed by atoms with van der Waals surface area (Å²) < 4.78 is 25.3. The molecule has 1 N–H and O–H groups in total. The minimum Gasteiger partial charge on any atom is -0.348 e. The smallest absolute Gasteiger partial charge is 0.235 e. The lowest BCUT2D eigenvalue weighted by Gasteiger charge is -2.21. The van der Waals surface area contributed by atoms with Crippen LogP contribution >= 0.6 is 0 Å². The van der Waals surface area contributed by atoms with Gasteiger partial charge in [-0.1, -0.05) is 61.5 Å². The van der Waals surface area contributed by atoms with Crippen molar-refractivity contribution in [3.63, 3.8) is 0 Å². The third-order valence-corrected chi connectivity index (χ3v) is 5.45. The number of nitrogens with zero attached hydrogens (tertiary/aromatic N) is 1. The van der Waals surface area contributed by atoms with Crippen molar-refractivity contribution in [1.29, 1.82) is 0 Å². The lowest BCUT2D eigenvalue weighted by molar-refractivity contribution is -0.122. The van der Waals surface area contributed by atoms with Crippen LogP contribution in [-0.4, -0.2) is 31.4 Å². The number of sulfonamides is 1. The van der Waals surface area contributed by atoms with Gasteiger partial charge in [-0.2, -0.15) is 4.31 Å². The predicted octanol–water partition coefficient (Wildman–Crippen LogP) is 2.89. The van der Waals surface area contributed by atoms with Gasteiger partial charge < -0.3 is 5.32 Å². The van der Waals surface area contributed by atoms with E-state index in [-0.39, 0.29) is 25.0 Å². The lowest BCUT2D eigenvalue weighted by Crippen LogP contribution is -2.40. The standard InChI is InChI=1S/C20H26N2O3S/c1-4-17-10-12-19(13-11-17)16(2)21-20(23)15-22(26(3,24)25)14-18-8-6-5-7-9-18/h5-13,16H,4,14-15H2,1-3H3,(H,21,23)/t16-/m1/s1. The van der Waals surface area contributed by atoms with Crippen molar-refractivity contribution in [1.82, 2.24) is 9.62 Å². The number of amides is 1. The number of aryl methyl sites for hydroxylation is 1. The maximum atomic E-state index is 12.4. The number of rotatable bonds is 8. The molecule has 0 saturated carbocycles. The first-order chi connectivity index (χ1) is 12.3. The molecule has 140 valence electrons. The maximum Gasteiger partial charge on any atom is 0.235 e.